The molecule has 3 heteroatoms. The van der Waals surface area contributed by atoms with Gasteiger partial charge in [0.25, 0.3) is 0 Å². The molecule has 1 heterocycles. The fourth-order valence-electron chi connectivity index (χ4n) is 1.05. The monoisotopic (exact) mass is 203 g/mol. The van der Waals surface area contributed by atoms with Crippen molar-refractivity contribution in [1.82, 2.24) is 4.31 Å². The molecule has 0 aromatic rings. The zero-order chi connectivity index (χ0) is 9.19. The number of hydrogen-bond donors (Lipinski definition) is 0. The molecule has 0 aliphatic carbocycles. The fourth-order valence-corrected chi connectivity index (χ4v) is 3.59. The Morgan fingerprint density at radius 2 is 2.08 bits per heavy atom. The quantitative estimate of drug-likeness (QED) is 0.499. The predicted molar refractivity (Wildman–Crippen MR) is 59.9 cm³/mol. The highest BCUT2D eigenvalue weighted by atomic mass is 33.1. The van der Waals surface area contributed by atoms with Crippen LogP contribution in [0.2, 0.25) is 0 Å². The van der Waals surface area contributed by atoms with Crippen molar-refractivity contribution in [2.45, 2.75) is 33.2 Å². The van der Waals surface area contributed by atoms with Crippen LogP contribution in [0.1, 0.15) is 27.7 Å². The topological polar surface area (TPSA) is 3.24 Å². The maximum Gasteiger partial charge on any atom is 0.0452 e. The second-order valence-electron chi connectivity index (χ2n) is 4.08. The van der Waals surface area contributed by atoms with Crippen LogP contribution in [-0.4, -0.2) is 16.4 Å². The lowest BCUT2D eigenvalue weighted by Crippen LogP contribution is -2.39. The standard InChI is InChI=1S/C9H17NS2/c1-8(2)7-10-9(3,4)5-6-11-12-10/h5-6,8H,7H2,1-4H3. The molecule has 0 aromatic carbocycles. The maximum absolute atomic E-state index is 2.45. The molecule has 1 aliphatic heterocycles. The van der Waals surface area contributed by atoms with E-state index < -0.39 is 0 Å². The van der Waals surface area contributed by atoms with Crippen molar-refractivity contribution >= 4 is 21.8 Å². The second-order valence-corrected chi connectivity index (χ2v) is 6.16. The van der Waals surface area contributed by atoms with Gasteiger partial charge in [-0.1, -0.05) is 19.9 Å². The van der Waals surface area contributed by atoms with Gasteiger partial charge < -0.3 is 0 Å². The van der Waals surface area contributed by atoms with E-state index in [0.29, 0.717) is 0 Å². The van der Waals surface area contributed by atoms with Gasteiger partial charge in [-0.15, -0.1) is 0 Å². The molecule has 0 amide bonds. The van der Waals surface area contributed by atoms with E-state index in [2.05, 4.69) is 43.5 Å². The van der Waals surface area contributed by atoms with Gasteiger partial charge in [0.15, 0.2) is 0 Å². The summed E-state index contributed by atoms with van der Waals surface area (Å²) in [6.45, 7) is 10.2. The molecular weight excluding hydrogens is 186 g/mol. The minimum Gasteiger partial charge on any atom is -0.231 e. The van der Waals surface area contributed by atoms with Crippen molar-refractivity contribution in [1.29, 1.82) is 0 Å². The molecule has 1 nitrogen and oxygen atoms in total. The highest BCUT2D eigenvalue weighted by molar-refractivity contribution is 8.77. The van der Waals surface area contributed by atoms with Crippen molar-refractivity contribution in [2.75, 3.05) is 6.54 Å². The third-order valence-corrected chi connectivity index (χ3v) is 4.10. The maximum atomic E-state index is 2.45. The molecule has 0 unspecified atom stereocenters. The van der Waals surface area contributed by atoms with Crippen molar-refractivity contribution in [2.24, 2.45) is 5.92 Å². The van der Waals surface area contributed by atoms with Crippen LogP contribution in [0.4, 0.5) is 0 Å². The summed E-state index contributed by atoms with van der Waals surface area (Å²) in [6.07, 6.45) is 2.27. The van der Waals surface area contributed by atoms with Gasteiger partial charge in [0, 0.05) is 12.1 Å². The van der Waals surface area contributed by atoms with Crippen LogP contribution in [0.5, 0.6) is 0 Å². The lowest BCUT2D eigenvalue weighted by Gasteiger charge is -2.37. The number of hydrogen-bond acceptors (Lipinski definition) is 3. The summed E-state index contributed by atoms with van der Waals surface area (Å²) in [7, 11) is 3.67. The van der Waals surface area contributed by atoms with Gasteiger partial charge in [0.05, 0.1) is 0 Å². The van der Waals surface area contributed by atoms with E-state index in [9.17, 15) is 0 Å². The third kappa shape index (κ3) is 2.71. The van der Waals surface area contributed by atoms with Crippen LogP contribution in [0.25, 0.3) is 0 Å². The van der Waals surface area contributed by atoms with Crippen LogP contribution in [0.15, 0.2) is 11.5 Å². The van der Waals surface area contributed by atoms with Crippen LogP contribution < -0.4 is 0 Å². The Kier molecular flexibility index (Phi) is 3.56. The van der Waals surface area contributed by atoms with E-state index in [-0.39, 0.29) is 5.54 Å². The first-order chi connectivity index (χ1) is 5.52. The van der Waals surface area contributed by atoms with Gasteiger partial charge in [-0.2, -0.15) is 0 Å². The Hall–Kier alpha value is 0.400. The first-order valence-corrected chi connectivity index (χ1v) is 6.48. The van der Waals surface area contributed by atoms with Crippen LogP contribution >= 0.6 is 21.8 Å². The summed E-state index contributed by atoms with van der Waals surface area (Å²) in [5.41, 5.74) is 0.222. The predicted octanol–water partition coefficient (Wildman–Crippen LogP) is 3.55. The van der Waals surface area contributed by atoms with E-state index in [1.165, 1.54) is 0 Å². The Morgan fingerprint density at radius 3 is 2.58 bits per heavy atom. The zero-order valence-corrected chi connectivity index (χ0v) is 9.84. The summed E-state index contributed by atoms with van der Waals surface area (Å²) >= 11 is 0. The number of rotatable bonds is 2. The van der Waals surface area contributed by atoms with E-state index >= 15 is 0 Å². The molecule has 0 spiro atoms. The third-order valence-electron chi connectivity index (χ3n) is 1.84. The molecule has 0 radical (unpaired) electrons. The Labute approximate surface area is 83.5 Å². The first-order valence-electron chi connectivity index (χ1n) is 4.31. The van der Waals surface area contributed by atoms with Gasteiger partial charge in [-0.25, -0.2) is 4.31 Å². The summed E-state index contributed by atoms with van der Waals surface area (Å²) in [5.74, 6) is 0.740. The van der Waals surface area contributed by atoms with Crippen molar-refractivity contribution in [3.05, 3.63) is 11.5 Å². The number of nitrogens with zero attached hydrogens (tertiary/aromatic N) is 1. The van der Waals surface area contributed by atoms with E-state index in [0.717, 1.165) is 12.5 Å². The van der Waals surface area contributed by atoms with E-state index in [1.54, 1.807) is 0 Å². The lowest BCUT2D eigenvalue weighted by molar-refractivity contribution is 0.283. The average molecular weight is 203 g/mol. The smallest absolute Gasteiger partial charge is 0.0452 e. The molecule has 0 saturated heterocycles. The highest BCUT2D eigenvalue weighted by Crippen LogP contribution is 2.39. The second kappa shape index (κ2) is 4.07. The molecule has 1 aliphatic rings. The Morgan fingerprint density at radius 1 is 1.42 bits per heavy atom. The minimum atomic E-state index is 0.222. The zero-order valence-electron chi connectivity index (χ0n) is 8.20. The SMILES string of the molecule is CC(C)CN1SSC=CC1(C)C. The van der Waals surface area contributed by atoms with Crippen LogP contribution in [0, 0.1) is 5.92 Å². The van der Waals surface area contributed by atoms with E-state index in [4.69, 9.17) is 0 Å². The molecule has 0 saturated carbocycles. The van der Waals surface area contributed by atoms with Crippen molar-refractivity contribution < 1.29 is 0 Å². The molecule has 0 aromatic heterocycles. The molecule has 0 N–H and O–H groups in total. The molecule has 0 atom stereocenters. The van der Waals surface area contributed by atoms with Gasteiger partial charge in [-0.05, 0) is 46.9 Å². The van der Waals surface area contributed by atoms with Crippen LogP contribution in [0.3, 0.4) is 0 Å². The van der Waals surface area contributed by atoms with Gasteiger partial charge in [-0.3, -0.25) is 0 Å². The summed E-state index contributed by atoms with van der Waals surface area (Å²) in [4.78, 5) is 0. The average Bonchev–Trinajstić information content (AvgIpc) is 1.92. The fraction of sp³-hybridized carbons (Fsp3) is 0.778. The lowest BCUT2D eigenvalue weighted by atomic mass is 10.0. The van der Waals surface area contributed by atoms with E-state index in [1.807, 2.05) is 21.8 Å². The molecular formula is C9H17NS2. The van der Waals surface area contributed by atoms with Gasteiger partial charge in [0.1, 0.15) is 0 Å². The first kappa shape index (κ1) is 10.5. The molecule has 0 fully saturated rings. The normalized spacial score (nSPS) is 23.4. The Bertz CT molecular complexity index is 175. The molecule has 0 bridgehead atoms. The Balaban J connectivity index is 2.58. The summed E-state index contributed by atoms with van der Waals surface area (Å²) in [5, 5.41) is 2.18. The van der Waals surface area contributed by atoms with Gasteiger partial charge >= 0.3 is 0 Å². The highest BCUT2D eigenvalue weighted by Gasteiger charge is 2.27. The van der Waals surface area contributed by atoms with Crippen LogP contribution in [-0.2, 0) is 0 Å². The molecule has 12 heavy (non-hydrogen) atoms. The molecule has 70 valence electrons. The summed E-state index contributed by atoms with van der Waals surface area (Å²) in [6, 6.07) is 0. The largest absolute Gasteiger partial charge is 0.231 e. The summed E-state index contributed by atoms with van der Waals surface area (Å²) < 4.78 is 2.45. The van der Waals surface area contributed by atoms with Crippen molar-refractivity contribution in [3.63, 3.8) is 0 Å². The molecule has 1 rings (SSSR count). The van der Waals surface area contributed by atoms with Gasteiger partial charge in [0.2, 0.25) is 0 Å². The van der Waals surface area contributed by atoms with Crippen molar-refractivity contribution in [3.8, 4) is 0 Å². The minimum absolute atomic E-state index is 0.222.